The number of sulfonamides is 1. The van der Waals surface area contributed by atoms with E-state index >= 15 is 0 Å². The highest BCUT2D eigenvalue weighted by molar-refractivity contribution is 7.88. The van der Waals surface area contributed by atoms with E-state index in [2.05, 4.69) is 5.32 Å². The highest BCUT2D eigenvalue weighted by Crippen LogP contribution is 2.44. The number of amides is 2. The number of nitrogens with one attached hydrogen (secondary N) is 1. The third-order valence-electron chi connectivity index (χ3n) is 4.55. The molecule has 2 aromatic carbocycles. The van der Waals surface area contributed by atoms with E-state index < -0.39 is 33.3 Å². The largest absolute Gasteiger partial charge is 0.492 e. The summed E-state index contributed by atoms with van der Waals surface area (Å²) in [6.45, 7) is 5.56. The predicted octanol–water partition coefficient (Wildman–Crippen LogP) is 3.63. The van der Waals surface area contributed by atoms with Crippen molar-refractivity contribution in [2.45, 2.75) is 32.5 Å². The Kier molecular flexibility index (Phi) is 5.66. The van der Waals surface area contributed by atoms with Gasteiger partial charge in [0.25, 0.3) is 0 Å². The molecule has 162 valence electrons. The first-order chi connectivity index (χ1) is 14.3. The van der Waals surface area contributed by atoms with E-state index in [9.17, 15) is 19.0 Å². The van der Waals surface area contributed by atoms with Crippen molar-refractivity contribution in [3.05, 3.63) is 59.4 Å². The maximum absolute atomic E-state index is 14.0. The number of nitrogens with two attached hydrogens (primary N) is 1. The Morgan fingerprint density at radius 2 is 2.00 bits per heavy atom. The summed E-state index contributed by atoms with van der Waals surface area (Å²) in [6.07, 6.45) is 0. The fraction of sp³-hybridized carbons (Fsp3) is 0.381. The summed E-state index contributed by atoms with van der Waals surface area (Å²) < 4.78 is 51.5. The van der Waals surface area contributed by atoms with E-state index in [4.69, 9.17) is 9.88 Å². The van der Waals surface area contributed by atoms with Crippen LogP contribution in [-0.4, -0.2) is 32.5 Å². The topological polar surface area (TPSA) is 102 Å². The van der Waals surface area contributed by atoms with Crippen molar-refractivity contribution in [2.75, 3.05) is 18.5 Å². The summed E-state index contributed by atoms with van der Waals surface area (Å²) in [5.74, 6) is -0.393. The molecule has 3 N–H and O–H groups in total. The molecule has 2 aromatic rings. The predicted molar refractivity (Wildman–Crippen MR) is 113 cm³/mol. The van der Waals surface area contributed by atoms with E-state index in [0.29, 0.717) is 22.6 Å². The van der Waals surface area contributed by atoms with Gasteiger partial charge in [-0.05, 0) is 41.3 Å². The van der Waals surface area contributed by atoms with Crippen LogP contribution in [0.3, 0.4) is 0 Å². The van der Waals surface area contributed by atoms with E-state index in [1.807, 2.05) is 20.8 Å². The van der Waals surface area contributed by atoms with Gasteiger partial charge >= 0.3 is 6.03 Å². The molecule has 2 amide bonds. The maximum atomic E-state index is 14.0. The number of carbonyl (C=O) groups excluding carboxylic acids is 1. The number of rotatable bonds is 6. The zero-order valence-electron chi connectivity index (χ0n) is 18.1. The second-order valence-corrected chi connectivity index (χ2v) is 9.79. The van der Waals surface area contributed by atoms with Gasteiger partial charge in [0.1, 0.15) is 18.2 Å². The van der Waals surface area contributed by atoms with Gasteiger partial charge in [-0.1, -0.05) is 32.9 Å². The standard InChI is InChI=1S/C21H26FN3O4S/c1-21(2,3)19-17-12-15(22)7-8-18(17)24-20(26)25(19)9-10-29-16-6-4-5-14(11-16)13-30(23,27)28/h4-8,11-12,19H,9-10,13H2,1-3H3,(H,24,26)(H2,23,27,28)/i19D. The molecule has 30 heavy (non-hydrogen) atoms. The molecule has 1 atom stereocenters. The minimum Gasteiger partial charge on any atom is -0.492 e. The molecule has 0 aliphatic carbocycles. The second kappa shape index (κ2) is 8.23. The van der Waals surface area contributed by atoms with Gasteiger partial charge in [0, 0.05) is 11.3 Å². The quantitative estimate of drug-likeness (QED) is 0.722. The highest BCUT2D eigenvalue weighted by Gasteiger charge is 2.39. The lowest BCUT2D eigenvalue weighted by Gasteiger charge is -2.44. The molecule has 0 saturated carbocycles. The van der Waals surface area contributed by atoms with Crippen LogP contribution in [0.25, 0.3) is 0 Å². The molecular weight excluding hydrogens is 409 g/mol. The van der Waals surface area contributed by atoms with Crippen molar-refractivity contribution in [3.63, 3.8) is 0 Å². The lowest BCUT2D eigenvalue weighted by Crippen LogP contribution is -2.48. The monoisotopic (exact) mass is 436 g/mol. The third-order valence-corrected chi connectivity index (χ3v) is 5.29. The molecule has 3 rings (SSSR count). The number of anilines is 1. The van der Waals surface area contributed by atoms with Gasteiger partial charge in [-0.25, -0.2) is 22.7 Å². The molecule has 1 heterocycles. The van der Waals surface area contributed by atoms with Crippen LogP contribution in [0.15, 0.2) is 42.5 Å². The van der Waals surface area contributed by atoms with Gasteiger partial charge < -0.3 is 15.0 Å². The van der Waals surface area contributed by atoms with Gasteiger partial charge in [-0.3, -0.25) is 0 Å². The second-order valence-electron chi connectivity index (χ2n) is 8.17. The number of benzene rings is 2. The van der Waals surface area contributed by atoms with Crippen molar-refractivity contribution < 1.29 is 23.7 Å². The fourth-order valence-electron chi connectivity index (χ4n) is 3.49. The van der Waals surface area contributed by atoms with Crippen molar-refractivity contribution >= 4 is 21.7 Å². The SMILES string of the molecule is [2H]C1(C(C)(C)C)c2cc(F)ccc2NC(=O)N1CCOc1cccc(CS(N)(=O)=O)c1. The van der Waals surface area contributed by atoms with Crippen LogP contribution >= 0.6 is 0 Å². The zero-order chi connectivity index (χ0) is 23.0. The molecule has 0 bridgehead atoms. The number of hydrogen-bond acceptors (Lipinski definition) is 4. The highest BCUT2D eigenvalue weighted by atomic mass is 32.2. The van der Waals surface area contributed by atoms with Crippen LogP contribution in [0.2, 0.25) is 0 Å². The lowest BCUT2D eigenvalue weighted by atomic mass is 9.79. The summed E-state index contributed by atoms with van der Waals surface area (Å²) in [5.41, 5.74) is 0.520. The Morgan fingerprint density at radius 3 is 2.67 bits per heavy atom. The third kappa shape index (κ3) is 5.28. The normalized spacial score (nSPS) is 19.7. The molecule has 0 fully saturated rings. The van der Waals surface area contributed by atoms with Crippen molar-refractivity contribution in [1.29, 1.82) is 0 Å². The Balaban J connectivity index is 1.82. The molecule has 0 spiro atoms. The lowest BCUT2D eigenvalue weighted by molar-refractivity contribution is 0.107. The van der Waals surface area contributed by atoms with Crippen LogP contribution in [0.4, 0.5) is 14.9 Å². The molecule has 1 unspecified atom stereocenters. The Labute approximate surface area is 177 Å². The molecule has 0 radical (unpaired) electrons. The Bertz CT molecular complexity index is 1100. The number of ether oxygens (including phenoxy) is 1. The van der Waals surface area contributed by atoms with Gasteiger partial charge in [0.2, 0.25) is 10.0 Å². The number of fused-ring (bicyclic) bond motifs is 1. The minimum atomic E-state index is -3.67. The molecule has 7 nitrogen and oxygen atoms in total. The molecule has 9 heteroatoms. The Morgan fingerprint density at radius 1 is 1.27 bits per heavy atom. The van der Waals surface area contributed by atoms with E-state index in [0.717, 1.165) is 0 Å². The van der Waals surface area contributed by atoms with Crippen LogP contribution < -0.4 is 15.2 Å². The summed E-state index contributed by atoms with van der Waals surface area (Å²) in [7, 11) is -3.67. The van der Waals surface area contributed by atoms with Crippen molar-refractivity contribution in [1.82, 2.24) is 4.90 Å². The Hall–Kier alpha value is -2.65. The van der Waals surface area contributed by atoms with Crippen molar-refractivity contribution in [3.8, 4) is 5.75 Å². The first-order valence-corrected chi connectivity index (χ1v) is 11.1. The number of nitrogens with zero attached hydrogens (tertiary/aromatic N) is 1. The number of primary sulfonamides is 1. The van der Waals surface area contributed by atoms with Crippen LogP contribution in [0, 0.1) is 11.2 Å². The van der Waals surface area contributed by atoms with Gasteiger partial charge in [-0.15, -0.1) is 0 Å². The fourth-order valence-corrected chi connectivity index (χ4v) is 4.13. The van der Waals surface area contributed by atoms with Crippen LogP contribution in [0.1, 0.15) is 39.3 Å². The minimum absolute atomic E-state index is 0.0492. The summed E-state index contributed by atoms with van der Waals surface area (Å²) in [5, 5.41) is 7.80. The first-order valence-electron chi connectivity index (χ1n) is 9.92. The van der Waals surface area contributed by atoms with Gasteiger partial charge in [0.15, 0.2) is 0 Å². The molecule has 0 saturated heterocycles. The first kappa shape index (κ1) is 20.6. The summed E-state index contributed by atoms with van der Waals surface area (Å²) >= 11 is 0. The number of halogens is 1. The number of carbonyl (C=O) groups is 1. The average molecular weight is 437 g/mol. The van der Waals surface area contributed by atoms with Crippen LogP contribution in [0.5, 0.6) is 5.75 Å². The molecule has 1 aliphatic heterocycles. The van der Waals surface area contributed by atoms with Crippen molar-refractivity contribution in [2.24, 2.45) is 10.6 Å². The molecule has 0 aromatic heterocycles. The van der Waals surface area contributed by atoms with Crippen LogP contribution in [-0.2, 0) is 15.8 Å². The molecule has 1 aliphatic rings. The van der Waals surface area contributed by atoms with Gasteiger partial charge in [-0.2, -0.15) is 0 Å². The molecular formula is C21H26FN3O4S. The maximum Gasteiger partial charge on any atom is 0.322 e. The zero-order valence-corrected chi connectivity index (χ0v) is 17.9. The average Bonchev–Trinajstić information content (AvgIpc) is 2.63. The van der Waals surface area contributed by atoms with Gasteiger partial charge in [0.05, 0.1) is 19.7 Å². The smallest absolute Gasteiger partial charge is 0.322 e. The van der Waals surface area contributed by atoms with E-state index in [1.54, 1.807) is 24.3 Å². The van der Waals surface area contributed by atoms with E-state index in [1.165, 1.54) is 23.1 Å². The number of hydrogen-bond donors (Lipinski definition) is 2. The number of urea groups is 1. The summed E-state index contributed by atoms with van der Waals surface area (Å²) in [4.78, 5) is 14.1. The summed E-state index contributed by atoms with van der Waals surface area (Å²) in [6, 6.07) is 8.45. The van der Waals surface area contributed by atoms with E-state index in [-0.39, 0.29) is 18.9 Å².